The van der Waals surface area contributed by atoms with E-state index in [9.17, 15) is 5.26 Å². The Morgan fingerprint density at radius 1 is 0.925 bits per heavy atom. The predicted octanol–water partition coefficient (Wildman–Crippen LogP) is 8.75. The van der Waals surface area contributed by atoms with E-state index in [4.69, 9.17) is 4.42 Å². The van der Waals surface area contributed by atoms with E-state index in [0.717, 1.165) is 47.3 Å². The first-order valence-electron chi connectivity index (χ1n) is 14.1. The fraction of sp³-hybridized carbons (Fsp3) is 0.167. The lowest BCUT2D eigenvalue weighted by molar-refractivity contribution is 0.595. The van der Waals surface area contributed by atoms with Crippen LogP contribution < -0.4 is 0 Å². The summed E-state index contributed by atoms with van der Waals surface area (Å²) in [7, 11) is 0. The van der Waals surface area contributed by atoms with Crippen LogP contribution in [0.2, 0.25) is 0 Å². The van der Waals surface area contributed by atoms with E-state index in [0.29, 0.717) is 13.0 Å². The van der Waals surface area contributed by atoms with Crippen LogP contribution in [0.5, 0.6) is 0 Å². The van der Waals surface area contributed by atoms with E-state index in [-0.39, 0.29) is 5.92 Å². The summed E-state index contributed by atoms with van der Waals surface area (Å²) in [5.74, 6) is 1.16. The summed E-state index contributed by atoms with van der Waals surface area (Å²) < 4.78 is 8.83. The normalized spacial score (nSPS) is 18.5. The summed E-state index contributed by atoms with van der Waals surface area (Å²) >= 11 is 0. The van der Waals surface area contributed by atoms with Gasteiger partial charge in [0.15, 0.2) is 0 Å². The molecule has 3 aromatic carbocycles. The van der Waals surface area contributed by atoms with Gasteiger partial charge in [-0.25, -0.2) is 0 Å². The van der Waals surface area contributed by atoms with E-state index in [1.165, 1.54) is 44.0 Å². The highest BCUT2D eigenvalue weighted by molar-refractivity contribution is 6.19. The fourth-order valence-electron chi connectivity index (χ4n) is 6.76. The van der Waals surface area contributed by atoms with Crippen LogP contribution in [0.3, 0.4) is 0 Å². The maximum Gasteiger partial charge on any atom is 0.137 e. The van der Waals surface area contributed by atoms with Crippen molar-refractivity contribution in [3.05, 3.63) is 119 Å². The first-order valence-corrected chi connectivity index (χ1v) is 14.1. The van der Waals surface area contributed by atoms with Gasteiger partial charge < -0.3 is 8.98 Å². The second-order valence-electron chi connectivity index (χ2n) is 10.8. The Balaban J connectivity index is 1.40. The van der Waals surface area contributed by atoms with E-state index in [1.54, 1.807) is 0 Å². The third kappa shape index (κ3) is 3.41. The molecule has 0 saturated heterocycles. The van der Waals surface area contributed by atoms with Gasteiger partial charge in [-0.15, -0.1) is 0 Å². The Kier molecular flexibility index (Phi) is 5.24. The molecule has 4 nitrogen and oxygen atoms in total. The maximum absolute atomic E-state index is 9.76. The third-order valence-corrected chi connectivity index (χ3v) is 8.58. The number of allylic oxidation sites excluding steroid dienone is 6. The van der Waals surface area contributed by atoms with Crippen LogP contribution in [0.25, 0.3) is 44.5 Å². The SMILES string of the molecule is N#CC1=C(C2=CC(c3ccccc3-n3c4ccccc4c4ccc5oc6c(c5c43)CCC=C6)CC=C2)C=NCC1. The lowest BCUT2D eigenvalue weighted by Crippen LogP contribution is -2.09. The van der Waals surface area contributed by atoms with Crippen molar-refractivity contribution < 1.29 is 4.42 Å². The molecule has 0 saturated carbocycles. The van der Waals surface area contributed by atoms with E-state index >= 15 is 0 Å². The van der Waals surface area contributed by atoms with Gasteiger partial charge in [0.2, 0.25) is 0 Å². The molecule has 192 valence electrons. The molecule has 0 N–H and O–H groups in total. The molecule has 8 rings (SSSR count). The van der Waals surface area contributed by atoms with Crippen molar-refractivity contribution in [1.82, 2.24) is 4.57 Å². The van der Waals surface area contributed by atoms with Gasteiger partial charge in [-0.3, -0.25) is 4.99 Å². The average molecular weight is 518 g/mol. The number of nitrogens with zero attached hydrogens (tertiary/aromatic N) is 3. The number of rotatable bonds is 3. The van der Waals surface area contributed by atoms with Crippen LogP contribution in [-0.4, -0.2) is 17.3 Å². The van der Waals surface area contributed by atoms with Gasteiger partial charge in [0.1, 0.15) is 11.3 Å². The van der Waals surface area contributed by atoms with Gasteiger partial charge in [0.25, 0.3) is 0 Å². The second kappa shape index (κ2) is 9.10. The van der Waals surface area contributed by atoms with E-state index in [2.05, 4.69) is 107 Å². The smallest absolute Gasteiger partial charge is 0.137 e. The summed E-state index contributed by atoms with van der Waals surface area (Å²) in [6, 6.07) is 24.3. The number of furan rings is 1. The van der Waals surface area contributed by atoms with Gasteiger partial charge in [-0.1, -0.05) is 60.7 Å². The Bertz CT molecular complexity index is 2050. The van der Waals surface area contributed by atoms with Crippen molar-refractivity contribution in [2.45, 2.75) is 31.6 Å². The molecule has 1 aliphatic heterocycles. The quantitative estimate of drug-likeness (QED) is 0.240. The van der Waals surface area contributed by atoms with Crippen LogP contribution in [-0.2, 0) is 6.42 Å². The average Bonchev–Trinajstić information content (AvgIpc) is 3.57. The highest BCUT2D eigenvalue weighted by Crippen LogP contribution is 2.43. The summed E-state index contributed by atoms with van der Waals surface area (Å²) in [6.45, 7) is 0.686. The lowest BCUT2D eigenvalue weighted by atomic mass is 9.85. The Morgan fingerprint density at radius 2 is 1.82 bits per heavy atom. The fourth-order valence-corrected chi connectivity index (χ4v) is 6.76. The number of benzene rings is 3. The zero-order valence-electron chi connectivity index (χ0n) is 22.1. The molecule has 4 heteroatoms. The van der Waals surface area contributed by atoms with Crippen LogP contribution in [0.1, 0.15) is 42.1 Å². The van der Waals surface area contributed by atoms with Gasteiger partial charge in [0.05, 0.1) is 22.8 Å². The van der Waals surface area contributed by atoms with Crippen molar-refractivity contribution in [3.63, 3.8) is 0 Å². The number of dihydropyridines is 1. The van der Waals surface area contributed by atoms with Crippen LogP contribution in [0.15, 0.2) is 111 Å². The molecule has 40 heavy (non-hydrogen) atoms. The molecule has 1 unspecified atom stereocenters. The molecule has 0 fully saturated rings. The van der Waals surface area contributed by atoms with Crippen LogP contribution in [0.4, 0.5) is 0 Å². The van der Waals surface area contributed by atoms with Crippen LogP contribution in [0, 0.1) is 11.3 Å². The molecule has 2 aliphatic carbocycles. The summed E-state index contributed by atoms with van der Waals surface area (Å²) in [6.07, 6.45) is 16.6. The van der Waals surface area contributed by atoms with Gasteiger partial charge in [-0.2, -0.15) is 5.26 Å². The maximum atomic E-state index is 9.76. The van der Waals surface area contributed by atoms with Gasteiger partial charge in [-0.05, 0) is 60.7 Å². The first kappa shape index (κ1) is 23.0. The summed E-state index contributed by atoms with van der Waals surface area (Å²) in [5.41, 5.74) is 10.00. The van der Waals surface area contributed by atoms with E-state index in [1.807, 2.05) is 6.21 Å². The molecule has 0 spiro atoms. The number of para-hydroxylation sites is 2. The highest BCUT2D eigenvalue weighted by Gasteiger charge is 2.25. The number of hydrogen-bond donors (Lipinski definition) is 0. The molecule has 0 radical (unpaired) electrons. The number of aryl methyl sites for hydroxylation is 1. The molecule has 0 amide bonds. The van der Waals surface area contributed by atoms with Gasteiger partial charge >= 0.3 is 0 Å². The minimum Gasteiger partial charge on any atom is -0.456 e. The lowest BCUT2D eigenvalue weighted by Gasteiger charge is -2.23. The topological polar surface area (TPSA) is 54.2 Å². The number of hydrogen-bond acceptors (Lipinski definition) is 3. The van der Waals surface area contributed by atoms with Crippen molar-refractivity contribution in [1.29, 1.82) is 5.26 Å². The van der Waals surface area contributed by atoms with E-state index < -0.39 is 0 Å². The molecule has 3 aliphatic rings. The Hall–Kier alpha value is -4.88. The van der Waals surface area contributed by atoms with Crippen molar-refractivity contribution in [2.24, 2.45) is 4.99 Å². The molecule has 0 bridgehead atoms. The standard InChI is InChI=1S/C36H27N3O/c37-21-25-18-19-38-22-30(25)24-9-7-8-23(20-24)26-10-1-4-13-31(26)39-32-14-5-2-11-27(32)28-16-17-34-35(36(28)39)29-12-3-6-15-33(29)40-34/h1-2,4-7,9-11,13-17,20,22-23H,3,8,12,18-19H2. The minimum atomic E-state index is 0.176. The van der Waals surface area contributed by atoms with Crippen molar-refractivity contribution in [3.8, 4) is 11.8 Å². The molecule has 2 aromatic heterocycles. The number of aliphatic imine (C=N–C) groups is 1. The number of nitriles is 1. The van der Waals surface area contributed by atoms with Crippen molar-refractivity contribution in [2.75, 3.05) is 6.54 Å². The number of fused-ring (bicyclic) bond motifs is 7. The molecular weight excluding hydrogens is 490 g/mol. The summed E-state index contributed by atoms with van der Waals surface area (Å²) in [4.78, 5) is 4.49. The zero-order valence-corrected chi connectivity index (χ0v) is 22.1. The Labute approximate surface area is 232 Å². The van der Waals surface area contributed by atoms with Crippen molar-refractivity contribution >= 4 is 45.1 Å². The first-order chi connectivity index (χ1) is 19.8. The zero-order chi connectivity index (χ0) is 26.6. The predicted molar refractivity (Wildman–Crippen MR) is 163 cm³/mol. The molecular formula is C36H27N3O. The van der Waals surface area contributed by atoms with Gasteiger partial charge in [0, 0.05) is 58.0 Å². The largest absolute Gasteiger partial charge is 0.456 e. The number of aromatic nitrogens is 1. The van der Waals surface area contributed by atoms with Crippen LogP contribution >= 0.6 is 0 Å². The molecule has 1 atom stereocenters. The molecule has 5 aromatic rings. The Morgan fingerprint density at radius 3 is 2.77 bits per heavy atom. The highest BCUT2D eigenvalue weighted by atomic mass is 16.3. The minimum absolute atomic E-state index is 0.176. The molecule has 3 heterocycles. The summed E-state index contributed by atoms with van der Waals surface area (Å²) in [5, 5.41) is 13.5. The third-order valence-electron chi connectivity index (χ3n) is 8.58. The monoisotopic (exact) mass is 517 g/mol. The second-order valence-corrected chi connectivity index (χ2v) is 10.8.